The van der Waals surface area contributed by atoms with Crippen molar-refractivity contribution in [3.05, 3.63) is 11.1 Å². The van der Waals surface area contributed by atoms with Gasteiger partial charge in [0.25, 0.3) is 0 Å². The molecule has 4 heteroatoms. The van der Waals surface area contributed by atoms with Crippen LogP contribution in [0, 0.1) is 0 Å². The highest BCUT2D eigenvalue weighted by Crippen LogP contribution is 2.22. The Morgan fingerprint density at radius 1 is 0.560 bits per heavy atom. The number of ether oxygens (including phenoxy) is 2. The van der Waals surface area contributed by atoms with Crippen molar-refractivity contribution in [3.63, 3.8) is 0 Å². The van der Waals surface area contributed by atoms with Crippen molar-refractivity contribution in [1.82, 2.24) is 0 Å². The van der Waals surface area contributed by atoms with E-state index in [9.17, 15) is 9.59 Å². The molecule has 0 aromatic rings. The Balaban J connectivity index is 5.22. The summed E-state index contributed by atoms with van der Waals surface area (Å²) in [7, 11) is 0. The van der Waals surface area contributed by atoms with E-state index in [-0.39, 0.29) is 11.9 Å². The van der Waals surface area contributed by atoms with Gasteiger partial charge >= 0.3 is 11.9 Å². The van der Waals surface area contributed by atoms with Gasteiger partial charge in [-0.1, -0.05) is 59.8 Å². The molecule has 0 radical (unpaired) electrons. The van der Waals surface area contributed by atoms with E-state index >= 15 is 0 Å². The van der Waals surface area contributed by atoms with E-state index in [1.54, 1.807) is 0 Å². The molecule has 0 aliphatic heterocycles. The van der Waals surface area contributed by atoms with Crippen LogP contribution in [0.5, 0.6) is 0 Å². The van der Waals surface area contributed by atoms with Crippen LogP contribution in [0.1, 0.15) is 98.3 Å². The zero-order valence-corrected chi connectivity index (χ0v) is 16.8. The maximum Gasteiger partial charge on any atom is 0.334 e. The number of rotatable bonds is 15. The van der Waals surface area contributed by atoms with Gasteiger partial charge in [-0.05, 0) is 38.5 Å². The third-order valence-electron chi connectivity index (χ3n) is 4.04. The fourth-order valence-corrected chi connectivity index (χ4v) is 2.57. The zero-order chi connectivity index (χ0) is 18.9. The molecule has 0 amide bonds. The van der Waals surface area contributed by atoms with E-state index in [1.807, 2.05) is 13.8 Å². The van der Waals surface area contributed by atoms with E-state index in [0.717, 1.165) is 38.5 Å². The lowest BCUT2D eigenvalue weighted by Gasteiger charge is -2.14. The quantitative estimate of drug-likeness (QED) is 0.214. The highest BCUT2D eigenvalue weighted by molar-refractivity contribution is 6.00. The largest absolute Gasteiger partial charge is 0.462 e. The number of carbonyl (C=O) groups excluding carboxylic acids is 2. The minimum atomic E-state index is -0.340. The van der Waals surface area contributed by atoms with Crippen molar-refractivity contribution in [2.75, 3.05) is 13.2 Å². The fourth-order valence-electron chi connectivity index (χ4n) is 2.57. The topological polar surface area (TPSA) is 52.6 Å². The third-order valence-corrected chi connectivity index (χ3v) is 4.04. The molecule has 0 aromatic carbocycles. The summed E-state index contributed by atoms with van der Waals surface area (Å²) in [5.74, 6) is -0.677. The molecule has 0 unspecified atom stereocenters. The zero-order valence-electron chi connectivity index (χ0n) is 16.8. The Morgan fingerprint density at radius 2 is 1.00 bits per heavy atom. The molecule has 0 spiro atoms. The second-order valence-corrected chi connectivity index (χ2v) is 6.50. The van der Waals surface area contributed by atoms with Crippen LogP contribution in [-0.2, 0) is 19.1 Å². The van der Waals surface area contributed by atoms with Gasteiger partial charge in [0.05, 0.1) is 13.2 Å². The fraction of sp³-hybridized carbons (Fsp3) is 0.810. The molecule has 0 fully saturated rings. The Labute approximate surface area is 154 Å². The maximum atomic E-state index is 12.5. The molecular formula is C21H38O4. The number of esters is 2. The number of hydrogen-bond donors (Lipinski definition) is 0. The summed E-state index contributed by atoms with van der Waals surface area (Å²) in [6, 6.07) is 0. The van der Waals surface area contributed by atoms with Crippen molar-refractivity contribution >= 4 is 11.9 Å². The molecule has 146 valence electrons. The molecule has 0 bridgehead atoms. The Morgan fingerprint density at radius 3 is 1.44 bits per heavy atom. The molecule has 4 nitrogen and oxygen atoms in total. The van der Waals surface area contributed by atoms with Gasteiger partial charge in [0.1, 0.15) is 0 Å². The van der Waals surface area contributed by atoms with Crippen LogP contribution >= 0.6 is 0 Å². The maximum absolute atomic E-state index is 12.5. The van der Waals surface area contributed by atoms with Crippen LogP contribution < -0.4 is 0 Å². The molecule has 0 aliphatic rings. The standard InChI is InChI=1S/C21H38O4/c1-5-9-11-12-13-15-19(21(23)25-17-8-4)18(14-10-6-2)20(22)24-16-7-3/h5-17H2,1-4H3. The first-order valence-electron chi connectivity index (χ1n) is 10.2. The lowest BCUT2D eigenvalue weighted by atomic mass is 9.97. The second-order valence-electron chi connectivity index (χ2n) is 6.50. The monoisotopic (exact) mass is 354 g/mol. The molecule has 0 saturated carbocycles. The number of hydrogen-bond acceptors (Lipinski definition) is 4. The molecule has 0 atom stereocenters. The smallest absolute Gasteiger partial charge is 0.334 e. The van der Waals surface area contributed by atoms with Gasteiger partial charge in [-0.15, -0.1) is 0 Å². The Bertz CT molecular complexity index is 399. The van der Waals surface area contributed by atoms with Crippen molar-refractivity contribution in [2.24, 2.45) is 0 Å². The summed E-state index contributed by atoms with van der Waals surface area (Å²) < 4.78 is 10.7. The van der Waals surface area contributed by atoms with Crippen LogP contribution in [0.3, 0.4) is 0 Å². The first-order chi connectivity index (χ1) is 12.1. The van der Waals surface area contributed by atoms with Gasteiger partial charge in [0.2, 0.25) is 0 Å². The van der Waals surface area contributed by atoms with Gasteiger partial charge in [-0.2, -0.15) is 0 Å². The Hall–Kier alpha value is -1.32. The molecule has 0 heterocycles. The normalized spacial score (nSPS) is 11.8. The molecule has 0 rings (SSSR count). The van der Waals surface area contributed by atoms with Crippen LogP contribution in [0.2, 0.25) is 0 Å². The number of unbranched alkanes of at least 4 members (excludes halogenated alkanes) is 5. The van der Waals surface area contributed by atoms with Crippen LogP contribution in [0.15, 0.2) is 11.1 Å². The summed E-state index contributed by atoms with van der Waals surface area (Å²) in [6.45, 7) is 8.97. The van der Waals surface area contributed by atoms with Gasteiger partial charge in [0, 0.05) is 11.1 Å². The summed E-state index contributed by atoms with van der Waals surface area (Å²) in [5, 5.41) is 0. The average Bonchev–Trinajstić information content (AvgIpc) is 2.62. The summed E-state index contributed by atoms with van der Waals surface area (Å²) in [5.41, 5.74) is 1.08. The molecule has 0 aromatic heterocycles. The predicted octanol–water partition coefficient (Wildman–Crippen LogP) is 5.74. The second kappa shape index (κ2) is 16.2. The van der Waals surface area contributed by atoms with Gasteiger partial charge in [-0.3, -0.25) is 0 Å². The van der Waals surface area contributed by atoms with E-state index in [2.05, 4.69) is 13.8 Å². The van der Waals surface area contributed by atoms with E-state index in [4.69, 9.17) is 9.47 Å². The lowest BCUT2D eigenvalue weighted by molar-refractivity contribution is -0.142. The average molecular weight is 355 g/mol. The highest BCUT2D eigenvalue weighted by Gasteiger charge is 2.22. The summed E-state index contributed by atoms with van der Waals surface area (Å²) in [4.78, 5) is 25.0. The summed E-state index contributed by atoms with van der Waals surface area (Å²) >= 11 is 0. The van der Waals surface area contributed by atoms with Crippen molar-refractivity contribution < 1.29 is 19.1 Å². The van der Waals surface area contributed by atoms with Crippen LogP contribution in [0.25, 0.3) is 0 Å². The minimum Gasteiger partial charge on any atom is -0.462 e. The van der Waals surface area contributed by atoms with Crippen molar-refractivity contribution in [1.29, 1.82) is 0 Å². The first kappa shape index (κ1) is 23.7. The lowest BCUT2D eigenvalue weighted by Crippen LogP contribution is -2.18. The van der Waals surface area contributed by atoms with Crippen molar-refractivity contribution in [3.8, 4) is 0 Å². The van der Waals surface area contributed by atoms with Gasteiger partial charge < -0.3 is 9.47 Å². The van der Waals surface area contributed by atoms with E-state index < -0.39 is 0 Å². The molecule has 0 N–H and O–H groups in total. The molecule has 0 saturated heterocycles. The first-order valence-corrected chi connectivity index (χ1v) is 10.2. The number of carbonyl (C=O) groups is 2. The molecule has 0 aliphatic carbocycles. The van der Waals surface area contributed by atoms with E-state index in [1.165, 1.54) is 19.3 Å². The third kappa shape index (κ3) is 11.0. The van der Waals surface area contributed by atoms with Crippen LogP contribution in [0.4, 0.5) is 0 Å². The minimum absolute atomic E-state index is 0.336. The summed E-state index contributed by atoms with van der Waals surface area (Å²) in [6.07, 6.45) is 10.1. The van der Waals surface area contributed by atoms with Gasteiger partial charge in [0.15, 0.2) is 0 Å². The van der Waals surface area contributed by atoms with Crippen LogP contribution in [-0.4, -0.2) is 25.2 Å². The van der Waals surface area contributed by atoms with Gasteiger partial charge in [-0.25, -0.2) is 9.59 Å². The van der Waals surface area contributed by atoms with Crippen molar-refractivity contribution in [2.45, 2.75) is 98.3 Å². The highest BCUT2D eigenvalue weighted by atomic mass is 16.5. The van der Waals surface area contributed by atoms with E-state index in [0.29, 0.717) is 37.2 Å². The SMILES string of the molecule is CCCCCCCC(C(=O)OCCC)=C(CCCC)C(=O)OCCC. The molecule has 25 heavy (non-hydrogen) atoms. The predicted molar refractivity (Wildman–Crippen MR) is 102 cm³/mol. The molecular weight excluding hydrogens is 316 g/mol. The Kier molecular flexibility index (Phi) is 15.3.